The summed E-state index contributed by atoms with van der Waals surface area (Å²) in [5.41, 5.74) is 12.3. The molecule has 3 saturated heterocycles. The number of para-hydroxylation sites is 6. The van der Waals surface area contributed by atoms with Crippen LogP contribution in [0.25, 0.3) is 50.9 Å². The quantitative estimate of drug-likeness (QED) is 0.0414. The fourth-order valence-corrected chi connectivity index (χ4v) is 17.6. The Kier molecular flexibility index (Phi) is 22.7. The van der Waals surface area contributed by atoms with Crippen LogP contribution in [0.3, 0.4) is 0 Å². The number of aromatic nitrogens is 13. The standard InChI is InChI=1S/C31H30FN5O3.C28H27FN6O3S.C24H26FN5O3S/c32-24-15-12-21(13-16-24)14-17-25-28(35-37(29(25)38)30-33-26-10-4-5-11-27(26)34-30)23-9-6-18-36(19-23)31(39)40-20-22-7-2-1-3-8-22;29-21-10-7-19(8-11-21)9-12-23-26(33-35(27(23)36)28-31-24-5-1-2-6-25(24)32-28)20-13-16-34(17-14-20)39(37,38)22-4-3-15-30-18-22;1-34(32,33)29-14-12-17(13-15-29)22-19(11-8-16-6-9-18(25)10-7-16)23(31)30(28-22)24-26-20-4-2-3-5-21(20)27-24/h1-5,7-8,10-13,15-16,23,35H,6,9,14,17-20H2,(H,33,34);1-8,10-11,15,18,20,33H,9,12-14,16-17H2,(H,31,32);2-7,9-10,17,28H,8,11-15H2,1H3,(H,26,27). The smallest absolute Gasteiger partial charge is 0.410 e. The van der Waals surface area contributed by atoms with Gasteiger partial charge in [-0.25, -0.2) is 54.1 Å². The number of amides is 1. The van der Waals surface area contributed by atoms with Crippen LogP contribution in [0.5, 0.6) is 0 Å². The Morgan fingerprint density at radius 2 is 0.832 bits per heavy atom. The number of benzene rings is 7. The molecule has 0 radical (unpaired) electrons. The number of fused-ring (bicyclic) bond motifs is 3. The van der Waals surface area contributed by atoms with Crippen molar-refractivity contribution in [3.63, 3.8) is 0 Å². The third-order valence-electron chi connectivity index (χ3n) is 21.3. The highest BCUT2D eigenvalue weighted by molar-refractivity contribution is 7.89. The fourth-order valence-electron chi connectivity index (χ4n) is 15.2. The van der Waals surface area contributed by atoms with Gasteiger partial charge in [-0.15, -0.1) is 0 Å². The minimum absolute atomic E-state index is 0.0274. The van der Waals surface area contributed by atoms with E-state index in [0.717, 1.165) is 85.3 Å². The molecule has 3 aliphatic rings. The molecule has 113 heavy (non-hydrogen) atoms. The van der Waals surface area contributed by atoms with Gasteiger partial charge in [0.15, 0.2) is 0 Å². The van der Waals surface area contributed by atoms with Gasteiger partial charge in [-0.2, -0.15) is 18.4 Å². The number of carbonyl (C=O) groups is 1. The van der Waals surface area contributed by atoms with E-state index in [-0.39, 0.29) is 69.5 Å². The van der Waals surface area contributed by atoms with Gasteiger partial charge in [-0.05, 0) is 184 Å². The van der Waals surface area contributed by atoms with E-state index in [2.05, 4.69) is 50.2 Å². The van der Waals surface area contributed by atoms with Crippen LogP contribution in [0.2, 0.25) is 0 Å². The first kappa shape index (κ1) is 76.4. The zero-order valence-corrected chi connectivity index (χ0v) is 63.4. The number of pyridine rings is 1. The van der Waals surface area contributed by atoms with Crippen LogP contribution in [0.4, 0.5) is 18.0 Å². The number of aromatic amines is 6. The lowest BCUT2D eigenvalue weighted by Gasteiger charge is -2.32. The van der Waals surface area contributed by atoms with Gasteiger partial charge in [-0.3, -0.25) is 34.7 Å². The molecular formula is C83H83F3N16O9S2. The van der Waals surface area contributed by atoms with Crippen LogP contribution in [0.1, 0.15) is 112 Å². The maximum absolute atomic E-state index is 13.8. The largest absolute Gasteiger partial charge is 0.445 e. The van der Waals surface area contributed by atoms with Crippen LogP contribution in [0.15, 0.2) is 220 Å². The zero-order chi connectivity index (χ0) is 78.3. The fraction of sp³-hybridized carbons (Fsp3) is 0.277. The number of piperidine rings is 3. The van der Waals surface area contributed by atoms with Crippen molar-refractivity contribution >= 4 is 59.2 Å². The Balaban J connectivity index is 0.000000134. The summed E-state index contributed by atoms with van der Waals surface area (Å²) in [5, 5.41) is 9.91. The molecule has 3 fully saturated rings. The molecule has 1 unspecified atom stereocenters. The predicted molar refractivity (Wildman–Crippen MR) is 423 cm³/mol. The molecule has 0 aliphatic carbocycles. The molecule has 0 spiro atoms. The highest BCUT2D eigenvalue weighted by Gasteiger charge is 2.35. The Morgan fingerprint density at radius 3 is 1.22 bits per heavy atom. The number of aryl methyl sites for hydroxylation is 3. The van der Waals surface area contributed by atoms with Gasteiger partial charge < -0.3 is 24.6 Å². The molecule has 10 heterocycles. The van der Waals surface area contributed by atoms with Crippen LogP contribution in [0, 0.1) is 17.5 Å². The van der Waals surface area contributed by atoms with Gasteiger partial charge in [0, 0.05) is 103 Å². The van der Waals surface area contributed by atoms with Crippen LogP contribution >= 0.6 is 0 Å². The number of nitrogens with one attached hydrogen (secondary N) is 6. The normalized spacial score (nSPS) is 15.5. The topological polar surface area (TPSA) is 317 Å². The molecule has 25 nitrogen and oxygen atoms in total. The Hall–Kier alpha value is -12.0. The van der Waals surface area contributed by atoms with E-state index in [1.165, 1.54) is 71.5 Å². The maximum Gasteiger partial charge on any atom is 0.410 e. The van der Waals surface area contributed by atoms with Crippen molar-refractivity contribution in [3.05, 3.63) is 305 Å². The first-order valence-corrected chi connectivity index (χ1v) is 40.9. The molecule has 17 rings (SSSR count). The van der Waals surface area contributed by atoms with Gasteiger partial charge in [0.05, 0.1) is 39.4 Å². The minimum atomic E-state index is -3.64. The summed E-state index contributed by atoms with van der Waals surface area (Å²) in [5.74, 6) is 0.250. The zero-order valence-electron chi connectivity index (χ0n) is 61.8. The second kappa shape index (κ2) is 33.5. The number of carbonyl (C=O) groups excluding carboxylic acids is 1. The molecule has 14 aromatic rings. The Labute approximate surface area is 647 Å². The number of ether oxygens (including phenoxy) is 1. The van der Waals surface area contributed by atoms with E-state index in [4.69, 9.17) is 4.74 Å². The Morgan fingerprint density at radius 1 is 0.442 bits per heavy atom. The van der Waals surface area contributed by atoms with E-state index < -0.39 is 20.0 Å². The number of imidazole rings is 3. The van der Waals surface area contributed by atoms with Crippen molar-refractivity contribution in [2.45, 2.75) is 106 Å². The van der Waals surface area contributed by atoms with Crippen molar-refractivity contribution in [2.75, 3.05) is 45.5 Å². The lowest BCUT2D eigenvalue weighted by Crippen LogP contribution is -2.39. The summed E-state index contributed by atoms with van der Waals surface area (Å²) in [4.78, 5) is 83.2. The second-order valence-corrected chi connectivity index (χ2v) is 32.6. The SMILES string of the molecule is CS(=O)(=O)N1CCC(c2[nH]n(-c3nc4ccccc4[nH]3)c(=O)c2CCc2ccc(F)cc2)CC1.O=C(OCc1ccccc1)N1CCCC(c2[nH]n(-c3nc4ccccc4[nH]3)c(=O)c2CCc2ccc(F)cc2)C1.O=c1c(CCc2ccc(F)cc2)c(C2CCN(S(=O)(=O)c3cccnc3)CC2)[nH]n1-c1nc2ccccc2[nH]1. The summed E-state index contributed by atoms with van der Waals surface area (Å²) < 4.78 is 103. The number of halogens is 3. The molecule has 6 N–H and O–H groups in total. The van der Waals surface area contributed by atoms with Crippen LogP contribution in [-0.4, -0.2) is 146 Å². The van der Waals surface area contributed by atoms with Gasteiger partial charge in [0.25, 0.3) is 16.7 Å². The minimum Gasteiger partial charge on any atom is -0.445 e. The van der Waals surface area contributed by atoms with Gasteiger partial charge in [0.1, 0.15) is 29.0 Å². The molecule has 582 valence electrons. The Bertz CT molecular complexity index is 6000. The molecule has 0 bridgehead atoms. The van der Waals surface area contributed by atoms with E-state index in [1.807, 2.05) is 103 Å². The average molecular weight is 1570 g/mol. The average Bonchev–Trinajstić information content (AvgIpc) is 1.65. The second-order valence-electron chi connectivity index (χ2n) is 28.7. The number of hydrogen-bond acceptors (Lipinski definition) is 13. The van der Waals surface area contributed by atoms with Gasteiger partial charge in [0.2, 0.25) is 37.9 Å². The lowest BCUT2D eigenvalue weighted by molar-refractivity contribution is 0.0855. The van der Waals surface area contributed by atoms with Crippen molar-refractivity contribution in [3.8, 4) is 17.8 Å². The van der Waals surface area contributed by atoms with E-state index >= 15 is 0 Å². The highest BCUT2D eigenvalue weighted by Crippen LogP contribution is 2.35. The van der Waals surface area contributed by atoms with Crippen molar-refractivity contribution in [2.24, 2.45) is 0 Å². The number of nitrogens with zero attached hydrogens (tertiary/aromatic N) is 10. The first-order chi connectivity index (χ1) is 54.7. The van der Waals surface area contributed by atoms with E-state index in [1.54, 1.807) is 59.6 Å². The van der Waals surface area contributed by atoms with Gasteiger partial charge in [-0.1, -0.05) is 103 Å². The first-order valence-electron chi connectivity index (χ1n) is 37.7. The predicted octanol–water partition coefficient (Wildman–Crippen LogP) is 12.5. The highest BCUT2D eigenvalue weighted by atomic mass is 32.2. The molecule has 1 amide bonds. The summed E-state index contributed by atoms with van der Waals surface area (Å²) in [6.07, 6.45) is 10.9. The summed E-state index contributed by atoms with van der Waals surface area (Å²) in [6.45, 7) is 2.75. The summed E-state index contributed by atoms with van der Waals surface area (Å²) >= 11 is 0. The number of rotatable bonds is 20. The van der Waals surface area contributed by atoms with Crippen molar-refractivity contribution < 1.29 is 39.5 Å². The third-order valence-corrected chi connectivity index (χ3v) is 24.5. The number of H-pyrrole nitrogens is 6. The van der Waals surface area contributed by atoms with Crippen LogP contribution in [-0.2, 0) is 69.9 Å². The molecule has 0 saturated carbocycles. The van der Waals surface area contributed by atoms with E-state index in [9.17, 15) is 49.2 Å². The summed E-state index contributed by atoms with van der Waals surface area (Å²) in [7, 11) is -6.88. The number of hydrogen-bond donors (Lipinski definition) is 6. The van der Waals surface area contributed by atoms with Crippen molar-refractivity contribution in [1.82, 2.24) is 77.7 Å². The number of sulfonamides is 2. The third kappa shape index (κ3) is 17.4. The molecule has 7 aromatic carbocycles. The molecule has 30 heteroatoms. The lowest BCUT2D eigenvalue weighted by atomic mass is 9.90. The monoisotopic (exact) mass is 1570 g/mol. The maximum atomic E-state index is 13.8. The van der Waals surface area contributed by atoms with Crippen LogP contribution < -0.4 is 16.7 Å². The summed E-state index contributed by atoms with van der Waals surface area (Å²) in [6, 6.07) is 54.4. The molecule has 3 aliphatic heterocycles. The molecule has 7 aromatic heterocycles. The molecular weight excluding hydrogens is 1490 g/mol. The van der Waals surface area contributed by atoms with Gasteiger partial charge >= 0.3 is 6.09 Å². The van der Waals surface area contributed by atoms with Crippen molar-refractivity contribution in [1.29, 1.82) is 0 Å². The number of likely N-dealkylation sites (tertiary alicyclic amines) is 1. The molecule has 1 atom stereocenters. The van der Waals surface area contributed by atoms with E-state index in [0.29, 0.717) is 138 Å².